The van der Waals surface area contributed by atoms with Crippen molar-refractivity contribution in [3.63, 3.8) is 0 Å². The van der Waals surface area contributed by atoms with E-state index >= 15 is 8.78 Å². The Hall–Kier alpha value is -4.40. The van der Waals surface area contributed by atoms with Crippen LogP contribution in [0.1, 0.15) is 27.6 Å². The average molecular weight is 545 g/mol. The highest BCUT2D eigenvalue weighted by atomic mass is 19.3. The fourth-order valence-electron chi connectivity index (χ4n) is 4.49. The molecule has 40 heavy (non-hydrogen) atoms. The lowest BCUT2D eigenvalue weighted by molar-refractivity contribution is -0.274. The van der Waals surface area contributed by atoms with Crippen LogP contribution in [-0.4, -0.2) is 47.6 Å². The van der Waals surface area contributed by atoms with E-state index in [1.54, 1.807) is 36.4 Å². The number of hydrogen-bond donors (Lipinski definition) is 1. The summed E-state index contributed by atoms with van der Waals surface area (Å²) in [6.45, 7) is 0.0997. The van der Waals surface area contributed by atoms with Gasteiger partial charge in [0.05, 0.1) is 11.1 Å². The van der Waals surface area contributed by atoms with Gasteiger partial charge in [0.1, 0.15) is 12.7 Å². The molecule has 1 N–H and O–H groups in total. The van der Waals surface area contributed by atoms with Gasteiger partial charge in [-0.2, -0.15) is 8.78 Å². The molecule has 0 unspecified atom stereocenters. The van der Waals surface area contributed by atoms with Crippen molar-refractivity contribution in [1.29, 1.82) is 0 Å². The number of carbonyl (C=O) groups is 2. The van der Waals surface area contributed by atoms with Gasteiger partial charge < -0.3 is 19.3 Å². The van der Waals surface area contributed by atoms with E-state index in [4.69, 9.17) is 14.2 Å². The van der Waals surface area contributed by atoms with Crippen LogP contribution in [0.25, 0.3) is 22.3 Å². The van der Waals surface area contributed by atoms with Crippen molar-refractivity contribution in [2.45, 2.75) is 30.8 Å². The number of rotatable bonds is 7. The third-order valence-electron chi connectivity index (χ3n) is 6.76. The molecule has 1 aliphatic rings. The molecule has 4 aromatic rings. The molecule has 1 aliphatic heterocycles. The van der Waals surface area contributed by atoms with Gasteiger partial charge in [0.25, 0.3) is 0 Å². The first-order valence-corrected chi connectivity index (χ1v) is 12.6. The second kappa shape index (κ2) is 11.0. The molecule has 1 saturated heterocycles. The monoisotopic (exact) mass is 544 g/mol. The first kappa shape index (κ1) is 27.2. The summed E-state index contributed by atoms with van der Waals surface area (Å²) in [6, 6.07) is 31.8. The lowest BCUT2D eigenvalue weighted by atomic mass is 10.0. The number of alkyl halides is 2. The van der Waals surface area contributed by atoms with E-state index in [9.17, 15) is 14.7 Å². The summed E-state index contributed by atoms with van der Waals surface area (Å²) >= 11 is 0. The predicted molar refractivity (Wildman–Crippen MR) is 144 cm³/mol. The summed E-state index contributed by atoms with van der Waals surface area (Å²) in [5.41, 5.74) is 3.84. The Labute approximate surface area is 229 Å². The summed E-state index contributed by atoms with van der Waals surface area (Å²) < 4.78 is 45.6. The summed E-state index contributed by atoms with van der Waals surface area (Å²) in [4.78, 5) is 25.4. The van der Waals surface area contributed by atoms with Gasteiger partial charge in [-0.15, -0.1) is 0 Å². The van der Waals surface area contributed by atoms with E-state index in [1.165, 1.54) is 12.1 Å². The van der Waals surface area contributed by atoms with Crippen LogP contribution in [0.2, 0.25) is 0 Å². The topological polar surface area (TPSA) is 82.1 Å². The number of benzene rings is 4. The van der Waals surface area contributed by atoms with Crippen molar-refractivity contribution in [2.24, 2.45) is 0 Å². The number of carbonyl (C=O) groups excluding carboxylic acids is 2. The molecular formula is C32H26F2O6. The Morgan fingerprint density at radius 1 is 0.725 bits per heavy atom. The molecule has 204 valence electrons. The molecule has 3 atom stereocenters. The van der Waals surface area contributed by atoms with Crippen LogP contribution in [0.15, 0.2) is 109 Å². The van der Waals surface area contributed by atoms with Crippen LogP contribution in [0.5, 0.6) is 0 Å². The lowest BCUT2D eigenvalue weighted by Gasteiger charge is -2.26. The molecule has 1 fully saturated rings. The Kier molecular flexibility index (Phi) is 7.47. The van der Waals surface area contributed by atoms with Crippen molar-refractivity contribution in [3.05, 3.63) is 120 Å². The third kappa shape index (κ3) is 5.50. The zero-order valence-corrected chi connectivity index (χ0v) is 21.5. The fraction of sp³-hybridized carbons (Fsp3) is 0.188. The van der Waals surface area contributed by atoms with Gasteiger partial charge in [-0.1, -0.05) is 84.9 Å². The zero-order valence-electron chi connectivity index (χ0n) is 21.5. The first-order valence-electron chi connectivity index (χ1n) is 12.6. The van der Waals surface area contributed by atoms with E-state index in [0.29, 0.717) is 0 Å². The van der Waals surface area contributed by atoms with Gasteiger partial charge in [-0.3, -0.25) is 0 Å². The van der Waals surface area contributed by atoms with E-state index in [0.717, 1.165) is 29.2 Å². The Morgan fingerprint density at radius 2 is 1.15 bits per heavy atom. The maximum absolute atomic E-state index is 15.1. The van der Waals surface area contributed by atoms with Gasteiger partial charge in [0.2, 0.25) is 11.9 Å². The normalized spacial score (nSPS) is 21.5. The maximum Gasteiger partial charge on any atom is 0.338 e. The fourth-order valence-corrected chi connectivity index (χ4v) is 4.49. The average Bonchev–Trinajstić information content (AvgIpc) is 3.15. The highest BCUT2D eigenvalue weighted by molar-refractivity contribution is 5.91. The van der Waals surface area contributed by atoms with Crippen molar-refractivity contribution < 1.29 is 37.7 Å². The molecule has 6 nitrogen and oxygen atoms in total. The molecule has 0 amide bonds. The molecule has 8 heteroatoms. The van der Waals surface area contributed by atoms with E-state index in [1.807, 2.05) is 60.7 Å². The van der Waals surface area contributed by atoms with Crippen molar-refractivity contribution in [2.75, 3.05) is 6.61 Å². The van der Waals surface area contributed by atoms with Gasteiger partial charge >= 0.3 is 17.9 Å². The molecule has 0 radical (unpaired) electrons. The molecule has 0 saturated carbocycles. The Balaban J connectivity index is 1.26. The number of esters is 2. The van der Waals surface area contributed by atoms with E-state index in [-0.39, 0.29) is 11.1 Å². The largest absolute Gasteiger partial charge is 0.459 e. The quantitative estimate of drug-likeness (QED) is 0.281. The van der Waals surface area contributed by atoms with Crippen LogP contribution in [0, 0.1) is 0 Å². The molecule has 0 spiro atoms. The summed E-state index contributed by atoms with van der Waals surface area (Å²) in [6.07, 6.45) is -3.80. The number of aliphatic hydroxyl groups is 1. The van der Waals surface area contributed by atoms with E-state index < -0.39 is 42.5 Å². The summed E-state index contributed by atoms with van der Waals surface area (Å²) in [7, 11) is 0. The van der Waals surface area contributed by atoms with Crippen molar-refractivity contribution in [3.8, 4) is 22.3 Å². The van der Waals surface area contributed by atoms with Gasteiger partial charge in [-0.05, 0) is 53.4 Å². The second-order valence-corrected chi connectivity index (χ2v) is 9.57. The molecule has 5 rings (SSSR count). The van der Waals surface area contributed by atoms with Gasteiger partial charge in [0.15, 0.2) is 0 Å². The van der Waals surface area contributed by atoms with Crippen LogP contribution < -0.4 is 0 Å². The Bertz CT molecular complexity index is 1470. The SMILES string of the molecule is C[C@]1(O)O[C@H](COC(=O)c2ccc(-c3ccccc3)cc2)[C@@H](OC(=O)c2ccc(-c3ccccc3)cc2)C1(F)F. The van der Waals surface area contributed by atoms with Gasteiger partial charge in [0, 0.05) is 0 Å². The van der Waals surface area contributed by atoms with Crippen LogP contribution >= 0.6 is 0 Å². The number of ether oxygens (including phenoxy) is 3. The summed E-state index contributed by atoms with van der Waals surface area (Å²) in [5, 5.41) is 10.2. The van der Waals surface area contributed by atoms with E-state index in [2.05, 4.69) is 0 Å². The van der Waals surface area contributed by atoms with Crippen molar-refractivity contribution >= 4 is 11.9 Å². The Morgan fingerprint density at radius 3 is 1.62 bits per heavy atom. The molecule has 1 heterocycles. The minimum atomic E-state index is -3.97. The lowest BCUT2D eigenvalue weighted by Crippen LogP contribution is -2.49. The van der Waals surface area contributed by atoms with Crippen LogP contribution in [0.4, 0.5) is 8.78 Å². The highest BCUT2D eigenvalue weighted by Gasteiger charge is 2.68. The van der Waals surface area contributed by atoms with Crippen LogP contribution in [-0.2, 0) is 14.2 Å². The number of hydrogen-bond acceptors (Lipinski definition) is 6. The number of halogens is 2. The predicted octanol–water partition coefficient (Wildman–Crippen LogP) is 6.15. The molecule has 0 aromatic heterocycles. The zero-order chi connectivity index (χ0) is 28.3. The maximum atomic E-state index is 15.1. The minimum Gasteiger partial charge on any atom is -0.459 e. The molecular weight excluding hydrogens is 518 g/mol. The molecule has 4 aromatic carbocycles. The standard InChI is InChI=1S/C32H26F2O6/c1-31(37)32(33,34)28(39-30(36)26-18-14-24(15-19-26)22-10-6-3-7-11-22)27(40-31)20-38-29(35)25-16-12-23(13-17-25)21-8-4-2-5-9-21/h2-19,27-28,37H,20H2,1H3/t27-,28-,31+/m1/s1. The van der Waals surface area contributed by atoms with Crippen molar-refractivity contribution in [1.82, 2.24) is 0 Å². The minimum absolute atomic E-state index is 0.0382. The first-order chi connectivity index (χ1) is 19.2. The smallest absolute Gasteiger partial charge is 0.338 e. The third-order valence-corrected chi connectivity index (χ3v) is 6.76. The summed E-state index contributed by atoms with van der Waals surface area (Å²) in [5.74, 6) is -8.72. The molecule has 0 bridgehead atoms. The second-order valence-electron chi connectivity index (χ2n) is 9.57. The molecule has 0 aliphatic carbocycles. The van der Waals surface area contributed by atoms with Gasteiger partial charge in [-0.25, -0.2) is 9.59 Å². The highest BCUT2D eigenvalue weighted by Crippen LogP contribution is 2.44. The van der Waals surface area contributed by atoms with Crippen LogP contribution in [0.3, 0.4) is 0 Å².